The molecule has 1 N–H and O–H groups in total. The summed E-state index contributed by atoms with van der Waals surface area (Å²) in [7, 11) is 0. The maximum absolute atomic E-state index is 10.9. The molecule has 0 amide bonds. The van der Waals surface area contributed by atoms with Gasteiger partial charge >= 0.3 is 5.97 Å². The van der Waals surface area contributed by atoms with Crippen molar-refractivity contribution in [2.24, 2.45) is 0 Å². The minimum Gasteiger partial charge on any atom is -0.478 e. The van der Waals surface area contributed by atoms with Crippen LogP contribution < -0.4 is 4.90 Å². The molecule has 3 rings (SSSR count). The Bertz CT molecular complexity index is 634. The van der Waals surface area contributed by atoms with Crippen molar-refractivity contribution in [2.75, 3.05) is 4.90 Å². The zero-order valence-corrected chi connectivity index (χ0v) is 11.4. The summed E-state index contributed by atoms with van der Waals surface area (Å²) in [6.07, 6.45) is 1.07. The molecule has 1 aliphatic rings. The summed E-state index contributed by atoms with van der Waals surface area (Å²) in [5, 5.41) is 8.92. The van der Waals surface area contributed by atoms with Crippen molar-refractivity contribution < 1.29 is 9.90 Å². The van der Waals surface area contributed by atoms with Gasteiger partial charge in [0.15, 0.2) is 0 Å². The molecule has 0 fully saturated rings. The number of carboxylic acid groups (broad SMARTS) is 1. The molecule has 2 aromatic carbocycles. The van der Waals surface area contributed by atoms with Gasteiger partial charge in [-0.05, 0) is 42.7 Å². The number of rotatable bonds is 3. The summed E-state index contributed by atoms with van der Waals surface area (Å²) in [4.78, 5) is 13.2. The zero-order valence-electron chi connectivity index (χ0n) is 11.4. The molecular weight excluding hydrogens is 250 g/mol. The number of hydrogen-bond donors (Lipinski definition) is 1. The molecule has 1 heterocycles. The molecule has 0 spiro atoms. The van der Waals surface area contributed by atoms with E-state index in [0.717, 1.165) is 18.5 Å². The monoisotopic (exact) mass is 267 g/mol. The Morgan fingerprint density at radius 3 is 2.60 bits per heavy atom. The first-order valence-electron chi connectivity index (χ1n) is 6.82. The van der Waals surface area contributed by atoms with Crippen LogP contribution in [-0.2, 0) is 13.0 Å². The molecule has 20 heavy (non-hydrogen) atoms. The maximum atomic E-state index is 10.9. The zero-order chi connectivity index (χ0) is 14.1. The lowest BCUT2D eigenvalue weighted by molar-refractivity contribution is 0.0697. The molecular formula is C17H17NO2. The van der Waals surface area contributed by atoms with Gasteiger partial charge in [-0.2, -0.15) is 0 Å². The highest BCUT2D eigenvalue weighted by molar-refractivity contribution is 5.87. The van der Waals surface area contributed by atoms with Gasteiger partial charge in [0, 0.05) is 18.3 Å². The average molecular weight is 267 g/mol. The van der Waals surface area contributed by atoms with Crippen molar-refractivity contribution in [3.8, 4) is 0 Å². The average Bonchev–Trinajstić information content (AvgIpc) is 2.76. The third kappa shape index (κ3) is 2.27. The van der Waals surface area contributed by atoms with Gasteiger partial charge in [-0.15, -0.1) is 0 Å². The Hall–Kier alpha value is -2.29. The number of carboxylic acids is 1. The molecule has 1 aliphatic heterocycles. The molecule has 0 bridgehead atoms. The van der Waals surface area contributed by atoms with Crippen LogP contribution in [0.25, 0.3) is 0 Å². The van der Waals surface area contributed by atoms with Crippen molar-refractivity contribution in [3.63, 3.8) is 0 Å². The van der Waals surface area contributed by atoms with Crippen molar-refractivity contribution in [2.45, 2.75) is 25.9 Å². The minimum atomic E-state index is -0.878. The summed E-state index contributed by atoms with van der Waals surface area (Å²) in [6, 6.07) is 16.1. The second-order valence-corrected chi connectivity index (χ2v) is 5.31. The highest BCUT2D eigenvalue weighted by atomic mass is 16.4. The maximum Gasteiger partial charge on any atom is 0.335 e. The summed E-state index contributed by atoms with van der Waals surface area (Å²) >= 11 is 0. The first-order chi connectivity index (χ1) is 9.65. The number of benzene rings is 2. The Labute approximate surface area is 118 Å². The summed E-state index contributed by atoms with van der Waals surface area (Å²) in [5.74, 6) is -0.878. The van der Waals surface area contributed by atoms with Gasteiger partial charge in [-0.1, -0.05) is 30.3 Å². The molecule has 3 heteroatoms. The molecule has 2 aromatic rings. The number of anilines is 1. The largest absolute Gasteiger partial charge is 0.478 e. The van der Waals surface area contributed by atoms with Crippen LogP contribution >= 0.6 is 0 Å². The highest BCUT2D eigenvalue weighted by Crippen LogP contribution is 2.32. The van der Waals surface area contributed by atoms with E-state index in [-0.39, 0.29) is 0 Å². The van der Waals surface area contributed by atoms with E-state index in [2.05, 4.69) is 36.1 Å². The number of carbonyl (C=O) groups is 1. The summed E-state index contributed by atoms with van der Waals surface area (Å²) < 4.78 is 0. The number of fused-ring (bicyclic) bond motifs is 1. The predicted molar refractivity (Wildman–Crippen MR) is 79.2 cm³/mol. The first kappa shape index (κ1) is 12.7. The Morgan fingerprint density at radius 2 is 1.90 bits per heavy atom. The minimum absolute atomic E-state index is 0.337. The van der Waals surface area contributed by atoms with Crippen molar-refractivity contribution in [1.82, 2.24) is 0 Å². The second-order valence-electron chi connectivity index (χ2n) is 5.31. The molecule has 1 unspecified atom stereocenters. The molecule has 3 nitrogen and oxygen atoms in total. The van der Waals surface area contributed by atoms with Crippen LogP contribution in [0.1, 0.15) is 28.4 Å². The molecule has 0 radical (unpaired) electrons. The quantitative estimate of drug-likeness (QED) is 0.927. The lowest BCUT2D eigenvalue weighted by atomic mass is 10.1. The van der Waals surface area contributed by atoms with Crippen LogP contribution in [-0.4, -0.2) is 17.1 Å². The van der Waals surface area contributed by atoms with E-state index in [0.29, 0.717) is 11.6 Å². The Balaban J connectivity index is 1.82. The van der Waals surface area contributed by atoms with Gasteiger partial charge in [-0.3, -0.25) is 0 Å². The van der Waals surface area contributed by atoms with Crippen molar-refractivity contribution in [3.05, 3.63) is 65.2 Å². The molecule has 0 aliphatic carbocycles. The number of nitrogens with zero attached hydrogens (tertiary/aromatic N) is 1. The lowest BCUT2D eigenvalue weighted by Gasteiger charge is -2.25. The van der Waals surface area contributed by atoms with Gasteiger partial charge in [0.25, 0.3) is 0 Å². The normalized spacial score (nSPS) is 17.1. The van der Waals surface area contributed by atoms with Gasteiger partial charge in [-0.25, -0.2) is 4.79 Å². The second kappa shape index (κ2) is 5.00. The van der Waals surface area contributed by atoms with E-state index in [1.807, 2.05) is 12.1 Å². The standard InChI is InChI=1S/C17H17NO2/c1-12-10-15-4-2-3-5-16(15)18(12)11-13-6-8-14(9-7-13)17(19)20/h2-9,12H,10-11H2,1H3,(H,19,20). The van der Waals surface area contributed by atoms with Crippen LogP contribution in [0.5, 0.6) is 0 Å². The summed E-state index contributed by atoms with van der Waals surface area (Å²) in [5.41, 5.74) is 4.16. The first-order valence-corrected chi connectivity index (χ1v) is 6.82. The fourth-order valence-electron chi connectivity index (χ4n) is 2.82. The predicted octanol–water partition coefficient (Wildman–Crippen LogP) is 3.34. The van der Waals surface area contributed by atoms with Crippen LogP contribution in [0.3, 0.4) is 0 Å². The van der Waals surface area contributed by atoms with E-state index >= 15 is 0 Å². The lowest BCUT2D eigenvalue weighted by Crippen LogP contribution is -2.28. The Kier molecular flexibility index (Phi) is 3.18. The molecule has 0 aromatic heterocycles. The van der Waals surface area contributed by atoms with Crippen LogP contribution in [0, 0.1) is 0 Å². The van der Waals surface area contributed by atoms with Gasteiger partial charge in [0.1, 0.15) is 0 Å². The van der Waals surface area contributed by atoms with E-state index < -0.39 is 5.97 Å². The smallest absolute Gasteiger partial charge is 0.335 e. The molecule has 0 saturated carbocycles. The molecule has 1 atom stereocenters. The number of aromatic carboxylic acids is 1. The van der Waals surface area contributed by atoms with Crippen LogP contribution in [0.15, 0.2) is 48.5 Å². The van der Waals surface area contributed by atoms with E-state index in [1.165, 1.54) is 11.3 Å². The van der Waals surface area contributed by atoms with Gasteiger partial charge in [0.05, 0.1) is 5.56 Å². The fraction of sp³-hybridized carbons (Fsp3) is 0.235. The fourth-order valence-corrected chi connectivity index (χ4v) is 2.82. The third-order valence-corrected chi connectivity index (χ3v) is 3.90. The third-order valence-electron chi connectivity index (χ3n) is 3.90. The summed E-state index contributed by atoms with van der Waals surface area (Å²) in [6.45, 7) is 3.05. The Morgan fingerprint density at radius 1 is 1.20 bits per heavy atom. The van der Waals surface area contributed by atoms with Crippen molar-refractivity contribution in [1.29, 1.82) is 0 Å². The van der Waals surface area contributed by atoms with E-state index in [4.69, 9.17) is 5.11 Å². The topological polar surface area (TPSA) is 40.5 Å². The van der Waals surface area contributed by atoms with Crippen LogP contribution in [0.4, 0.5) is 5.69 Å². The number of para-hydroxylation sites is 1. The highest BCUT2D eigenvalue weighted by Gasteiger charge is 2.25. The van der Waals surface area contributed by atoms with Gasteiger partial charge < -0.3 is 10.0 Å². The molecule has 0 saturated heterocycles. The number of hydrogen-bond acceptors (Lipinski definition) is 2. The van der Waals surface area contributed by atoms with Gasteiger partial charge in [0.2, 0.25) is 0 Å². The molecule has 102 valence electrons. The van der Waals surface area contributed by atoms with E-state index in [1.54, 1.807) is 12.1 Å². The van der Waals surface area contributed by atoms with E-state index in [9.17, 15) is 4.79 Å². The SMILES string of the molecule is CC1Cc2ccccc2N1Cc1ccc(C(=O)O)cc1. The van der Waals surface area contributed by atoms with Crippen molar-refractivity contribution >= 4 is 11.7 Å². The van der Waals surface area contributed by atoms with Crippen LogP contribution in [0.2, 0.25) is 0 Å².